The van der Waals surface area contributed by atoms with Crippen LogP contribution in [0.3, 0.4) is 0 Å². The Morgan fingerprint density at radius 2 is 1.90 bits per heavy atom. The highest BCUT2D eigenvalue weighted by molar-refractivity contribution is 9.10. The van der Waals surface area contributed by atoms with Crippen LogP contribution in [0.1, 0.15) is 10.4 Å². The minimum Gasteiger partial charge on any atom is -0.490 e. The van der Waals surface area contributed by atoms with Gasteiger partial charge in [0.25, 0.3) is 0 Å². The molecule has 0 heterocycles. The second-order valence-corrected chi connectivity index (χ2v) is 5.02. The van der Waals surface area contributed by atoms with Gasteiger partial charge in [0.15, 0.2) is 0 Å². The van der Waals surface area contributed by atoms with Crippen LogP contribution in [0, 0.1) is 5.82 Å². The van der Waals surface area contributed by atoms with E-state index in [-0.39, 0.29) is 24.5 Å². The zero-order chi connectivity index (χ0) is 15.2. The fraction of sp³-hybridized carbons (Fsp3) is 0.133. The highest BCUT2D eigenvalue weighted by atomic mass is 79.9. The Kier molecular flexibility index (Phi) is 5.16. The standard InChI is InChI=1S/C15H12BrFO4/c16-10-2-1-3-12(8-10)20-6-7-21-14-9-11(17)4-5-13(14)15(18)19/h1-5,8-9H,6-7H2,(H,18,19). The molecule has 0 saturated heterocycles. The predicted octanol–water partition coefficient (Wildman–Crippen LogP) is 3.74. The van der Waals surface area contributed by atoms with Gasteiger partial charge in [-0.3, -0.25) is 0 Å². The number of hydrogen-bond donors (Lipinski definition) is 1. The Morgan fingerprint density at radius 3 is 2.62 bits per heavy atom. The number of carboxylic acid groups (broad SMARTS) is 1. The molecule has 110 valence electrons. The molecule has 0 saturated carbocycles. The van der Waals surface area contributed by atoms with Gasteiger partial charge in [0.1, 0.15) is 36.1 Å². The number of hydrogen-bond acceptors (Lipinski definition) is 3. The Labute approximate surface area is 129 Å². The average molecular weight is 355 g/mol. The van der Waals surface area contributed by atoms with Gasteiger partial charge in [-0.2, -0.15) is 0 Å². The summed E-state index contributed by atoms with van der Waals surface area (Å²) >= 11 is 3.32. The molecule has 2 rings (SSSR count). The van der Waals surface area contributed by atoms with Crippen LogP contribution in [-0.4, -0.2) is 24.3 Å². The van der Waals surface area contributed by atoms with Crippen LogP contribution >= 0.6 is 15.9 Å². The number of ether oxygens (including phenoxy) is 2. The summed E-state index contributed by atoms with van der Waals surface area (Å²) in [4.78, 5) is 11.0. The molecule has 21 heavy (non-hydrogen) atoms. The van der Waals surface area contributed by atoms with Crippen molar-refractivity contribution in [2.75, 3.05) is 13.2 Å². The van der Waals surface area contributed by atoms with Crippen LogP contribution in [0.15, 0.2) is 46.9 Å². The summed E-state index contributed by atoms with van der Waals surface area (Å²) in [7, 11) is 0. The van der Waals surface area contributed by atoms with Crippen molar-refractivity contribution in [2.45, 2.75) is 0 Å². The summed E-state index contributed by atoms with van der Waals surface area (Å²) in [5.41, 5.74) is -0.0844. The van der Waals surface area contributed by atoms with Crippen LogP contribution in [-0.2, 0) is 0 Å². The van der Waals surface area contributed by atoms with Crippen molar-refractivity contribution in [1.82, 2.24) is 0 Å². The number of aromatic carboxylic acids is 1. The number of carbonyl (C=O) groups is 1. The largest absolute Gasteiger partial charge is 0.490 e. The van der Waals surface area contributed by atoms with Crippen LogP contribution in [0.25, 0.3) is 0 Å². The molecule has 0 spiro atoms. The fourth-order valence-electron chi connectivity index (χ4n) is 1.66. The summed E-state index contributed by atoms with van der Waals surface area (Å²) in [5, 5.41) is 8.98. The monoisotopic (exact) mass is 354 g/mol. The molecular weight excluding hydrogens is 343 g/mol. The highest BCUT2D eigenvalue weighted by Crippen LogP contribution is 2.20. The number of benzene rings is 2. The minimum absolute atomic E-state index is 0.0136. The molecule has 1 N–H and O–H groups in total. The number of carboxylic acids is 1. The molecule has 2 aromatic rings. The van der Waals surface area contributed by atoms with Gasteiger partial charge >= 0.3 is 5.97 Å². The highest BCUT2D eigenvalue weighted by Gasteiger charge is 2.12. The van der Waals surface area contributed by atoms with Gasteiger partial charge in [0.2, 0.25) is 0 Å². The van der Waals surface area contributed by atoms with Crippen molar-refractivity contribution in [1.29, 1.82) is 0 Å². The van der Waals surface area contributed by atoms with Gasteiger partial charge in [-0.05, 0) is 30.3 Å². The molecule has 6 heteroatoms. The topological polar surface area (TPSA) is 55.8 Å². The number of halogens is 2. The lowest BCUT2D eigenvalue weighted by Gasteiger charge is -2.10. The maximum atomic E-state index is 13.1. The van der Waals surface area contributed by atoms with Crippen molar-refractivity contribution in [3.8, 4) is 11.5 Å². The first kappa shape index (κ1) is 15.3. The van der Waals surface area contributed by atoms with Gasteiger partial charge in [0.05, 0.1) is 0 Å². The molecular formula is C15H12BrFO4. The van der Waals surface area contributed by atoms with Crippen molar-refractivity contribution >= 4 is 21.9 Å². The molecule has 0 fully saturated rings. The molecule has 0 atom stereocenters. The van der Waals surface area contributed by atoms with Gasteiger partial charge in [-0.25, -0.2) is 9.18 Å². The second-order valence-electron chi connectivity index (χ2n) is 4.10. The lowest BCUT2D eigenvalue weighted by Crippen LogP contribution is -2.11. The summed E-state index contributed by atoms with van der Waals surface area (Å²) in [6.07, 6.45) is 0. The van der Waals surface area contributed by atoms with E-state index in [0.29, 0.717) is 5.75 Å². The Bertz CT molecular complexity index is 645. The summed E-state index contributed by atoms with van der Waals surface area (Å²) in [5.74, 6) is -1.08. The molecule has 2 aromatic carbocycles. The lowest BCUT2D eigenvalue weighted by molar-refractivity contribution is 0.0691. The summed E-state index contributed by atoms with van der Waals surface area (Å²) in [6.45, 7) is 0.322. The van der Waals surface area contributed by atoms with Gasteiger partial charge in [0, 0.05) is 10.5 Å². The lowest BCUT2D eigenvalue weighted by atomic mass is 10.2. The van der Waals surface area contributed by atoms with E-state index in [9.17, 15) is 9.18 Å². The van der Waals surface area contributed by atoms with E-state index in [0.717, 1.165) is 16.6 Å². The second kappa shape index (κ2) is 7.08. The zero-order valence-electron chi connectivity index (χ0n) is 10.9. The normalized spacial score (nSPS) is 10.2. The van der Waals surface area contributed by atoms with E-state index < -0.39 is 11.8 Å². The van der Waals surface area contributed by atoms with Gasteiger partial charge < -0.3 is 14.6 Å². The molecule has 4 nitrogen and oxygen atoms in total. The Hall–Kier alpha value is -2.08. The smallest absolute Gasteiger partial charge is 0.339 e. The van der Waals surface area contributed by atoms with Crippen molar-refractivity contribution < 1.29 is 23.8 Å². The Balaban J connectivity index is 1.91. The first-order valence-electron chi connectivity index (χ1n) is 6.10. The molecule has 0 bridgehead atoms. The maximum Gasteiger partial charge on any atom is 0.339 e. The van der Waals surface area contributed by atoms with Crippen molar-refractivity contribution in [3.63, 3.8) is 0 Å². The first-order chi connectivity index (χ1) is 10.1. The Morgan fingerprint density at radius 1 is 1.14 bits per heavy atom. The molecule has 0 aliphatic rings. The third-order valence-electron chi connectivity index (χ3n) is 2.58. The summed E-state index contributed by atoms with van der Waals surface area (Å²) < 4.78 is 24.7. The average Bonchev–Trinajstić information content (AvgIpc) is 2.43. The van der Waals surface area contributed by atoms with E-state index in [1.54, 1.807) is 12.1 Å². The quantitative estimate of drug-likeness (QED) is 0.802. The molecule has 0 unspecified atom stereocenters. The van der Waals surface area contributed by atoms with Crippen LogP contribution in [0.5, 0.6) is 11.5 Å². The van der Waals surface area contributed by atoms with Crippen LogP contribution < -0.4 is 9.47 Å². The molecule has 0 aliphatic carbocycles. The molecule has 0 amide bonds. The summed E-state index contributed by atoms with van der Waals surface area (Å²) in [6, 6.07) is 10.6. The third kappa shape index (κ3) is 4.46. The van der Waals surface area contributed by atoms with Crippen molar-refractivity contribution in [3.05, 3.63) is 58.3 Å². The van der Waals surface area contributed by atoms with E-state index >= 15 is 0 Å². The van der Waals surface area contributed by atoms with E-state index in [1.807, 2.05) is 12.1 Å². The van der Waals surface area contributed by atoms with E-state index in [1.165, 1.54) is 6.07 Å². The first-order valence-corrected chi connectivity index (χ1v) is 6.89. The maximum absolute atomic E-state index is 13.1. The van der Waals surface area contributed by atoms with Crippen LogP contribution in [0.2, 0.25) is 0 Å². The predicted molar refractivity (Wildman–Crippen MR) is 78.5 cm³/mol. The van der Waals surface area contributed by atoms with E-state index in [2.05, 4.69) is 15.9 Å². The zero-order valence-corrected chi connectivity index (χ0v) is 12.5. The minimum atomic E-state index is -1.17. The molecule has 0 aliphatic heterocycles. The van der Waals surface area contributed by atoms with Gasteiger partial charge in [-0.1, -0.05) is 22.0 Å². The fourth-order valence-corrected chi connectivity index (χ4v) is 2.04. The van der Waals surface area contributed by atoms with Crippen LogP contribution in [0.4, 0.5) is 4.39 Å². The van der Waals surface area contributed by atoms with E-state index in [4.69, 9.17) is 14.6 Å². The molecule has 0 radical (unpaired) electrons. The van der Waals surface area contributed by atoms with Crippen molar-refractivity contribution in [2.24, 2.45) is 0 Å². The van der Waals surface area contributed by atoms with Gasteiger partial charge in [-0.15, -0.1) is 0 Å². The number of rotatable bonds is 6. The third-order valence-corrected chi connectivity index (χ3v) is 3.07. The molecule has 0 aromatic heterocycles. The SMILES string of the molecule is O=C(O)c1ccc(F)cc1OCCOc1cccc(Br)c1.